The van der Waals surface area contributed by atoms with Crippen LogP contribution in [0, 0.1) is 0 Å². The van der Waals surface area contributed by atoms with Gasteiger partial charge in [0.1, 0.15) is 0 Å². The molecule has 1 saturated heterocycles. The standard InChI is InChI=1S/C17H26N2O3S/c1-4-5-10-19(16-9-11-23(21,22)13-16)17(20)14-7-6-8-15(12-14)18(2)3/h6-8,12,16H,4-5,9-11,13H2,1-3H3. The highest BCUT2D eigenvalue weighted by Gasteiger charge is 2.34. The first-order chi connectivity index (χ1) is 10.8. The van der Waals surface area contributed by atoms with Crippen molar-refractivity contribution < 1.29 is 13.2 Å². The lowest BCUT2D eigenvalue weighted by atomic mass is 10.1. The number of benzene rings is 1. The lowest BCUT2D eigenvalue weighted by Crippen LogP contribution is -2.41. The summed E-state index contributed by atoms with van der Waals surface area (Å²) in [6, 6.07) is 7.30. The highest BCUT2D eigenvalue weighted by atomic mass is 32.2. The van der Waals surface area contributed by atoms with Crippen LogP contribution in [0.15, 0.2) is 24.3 Å². The van der Waals surface area contributed by atoms with Crippen molar-refractivity contribution in [1.82, 2.24) is 4.90 Å². The molecule has 0 saturated carbocycles. The zero-order valence-corrected chi connectivity index (χ0v) is 15.0. The Bertz CT molecular complexity index is 656. The molecular weight excluding hydrogens is 312 g/mol. The highest BCUT2D eigenvalue weighted by Crippen LogP contribution is 2.22. The molecule has 0 N–H and O–H groups in total. The second kappa shape index (κ2) is 7.34. The van der Waals surface area contributed by atoms with E-state index >= 15 is 0 Å². The van der Waals surface area contributed by atoms with Gasteiger partial charge in [0, 0.05) is 37.9 Å². The SMILES string of the molecule is CCCCN(C(=O)c1cccc(N(C)C)c1)C1CCS(=O)(=O)C1. The molecular formula is C17H26N2O3S. The van der Waals surface area contributed by atoms with Crippen LogP contribution < -0.4 is 4.90 Å². The summed E-state index contributed by atoms with van der Waals surface area (Å²) in [5.74, 6) is 0.213. The van der Waals surface area contributed by atoms with Crippen LogP contribution in [0.3, 0.4) is 0 Å². The van der Waals surface area contributed by atoms with Gasteiger partial charge in [-0.15, -0.1) is 0 Å². The molecule has 0 aromatic heterocycles. The van der Waals surface area contributed by atoms with Crippen LogP contribution in [-0.4, -0.2) is 57.4 Å². The predicted molar refractivity (Wildman–Crippen MR) is 93.8 cm³/mol. The van der Waals surface area contributed by atoms with Crippen molar-refractivity contribution in [2.45, 2.75) is 32.2 Å². The molecule has 1 aliphatic rings. The molecule has 0 bridgehead atoms. The van der Waals surface area contributed by atoms with Gasteiger partial charge >= 0.3 is 0 Å². The van der Waals surface area contributed by atoms with Gasteiger partial charge in [0.05, 0.1) is 11.5 Å². The van der Waals surface area contributed by atoms with E-state index in [-0.39, 0.29) is 23.5 Å². The third-order valence-electron chi connectivity index (χ3n) is 4.27. The summed E-state index contributed by atoms with van der Waals surface area (Å²) in [7, 11) is 0.860. The fourth-order valence-electron chi connectivity index (χ4n) is 2.88. The van der Waals surface area contributed by atoms with Crippen molar-refractivity contribution in [2.24, 2.45) is 0 Å². The van der Waals surface area contributed by atoms with E-state index in [1.165, 1.54) is 0 Å². The third kappa shape index (κ3) is 4.47. The van der Waals surface area contributed by atoms with E-state index in [4.69, 9.17) is 0 Å². The molecule has 0 spiro atoms. The summed E-state index contributed by atoms with van der Waals surface area (Å²) in [5, 5.41) is 0. The van der Waals surface area contributed by atoms with Gasteiger partial charge in [-0.2, -0.15) is 0 Å². The normalized spacial score (nSPS) is 19.5. The van der Waals surface area contributed by atoms with Crippen LogP contribution in [0.2, 0.25) is 0 Å². The quantitative estimate of drug-likeness (QED) is 0.798. The Morgan fingerprint density at radius 3 is 2.61 bits per heavy atom. The topological polar surface area (TPSA) is 57.7 Å². The second-order valence-corrected chi connectivity index (χ2v) is 8.58. The summed E-state index contributed by atoms with van der Waals surface area (Å²) in [6.45, 7) is 2.68. The van der Waals surface area contributed by atoms with Gasteiger partial charge in [-0.3, -0.25) is 4.79 Å². The van der Waals surface area contributed by atoms with E-state index in [9.17, 15) is 13.2 Å². The average Bonchev–Trinajstić information content (AvgIpc) is 2.87. The van der Waals surface area contributed by atoms with Gasteiger partial charge in [0.2, 0.25) is 0 Å². The Labute approximate surface area is 139 Å². The van der Waals surface area contributed by atoms with Crippen molar-refractivity contribution in [3.8, 4) is 0 Å². The van der Waals surface area contributed by atoms with Crippen molar-refractivity contribution >= 4 is 21.4 Å². The van der Waals surface area contributed by atoms with Crippen LogP contribution >= 0.6 is 0 Å². The number of anilines is 1. The Balaban J connectivity index is 2.24. The minimum atomic E-state index is -3.00. The molecule has 1 aliphatic heterocycles. The van der Waals surface area contributed by atoms with Gasteiger partial charge in [-0.1, -0.05) is 19.4 Å². The maximum absolute atomic E-state index is 12.9. The number of hydrogen-bond donors (Lipinski definition) is 0. The van der Waals surface area contributed by atoms with Gasteiger partial charge in [-0.05, 0) is 31.0 Å². The van der Waals surface area contributed by atoms with E-state index in [2.05, 4.69) is 6.92 Å². The number of sulfone groups is 1. The molecule has 128 valence electrons. The average molecular weight is 338 g/mol. The van der Waals surface area contributed by atoms with Crippen LogP contribution in [0.4, 0.5) is 5.69 Å². The Kier molecular flexibility index (Phi) is 5.68. The minimum absolute atomic E-state index is 0.0655. The zero-order chi connectivity index (χ0) is 17.0. The van der Waals surface area contributed by atoms with Crippen molar-refractivity contribution in [2.75, 3.05) is 37.0 Å². The van der Waals surface area contributed by atoms with Crippen LogP contribution in [0.25, 0.3) is 0 Å². The highest BCUT2D eigenvalue weighted by molar-refractivity contribution is 7.91. The number of nitrogens with zero attached hydrogens (tertiary/aromatic N) is 2. The first kappa shape index (κ1) is 17.8. The van der Waals surface area contributed by atoms with E-state index in [0.717, 1.165) is 18.5 Å². The molecule has 1 fully saturated rings. The monoisotopic (exact) mass is 338 g/mol. The zero-order valence-electron chi connectivity index (χ0n) is 14.2. The number of hydrogen-bond acceptors (Lipinski definition) is 4. The molecule has 6 heteroatoms. The summed E-state index contributed by atoms with van der Waals surface area (Å²) in [6.07, 6.45) is 2.40. The molecule has 23 heavy (non-hydrogen) atoms. The molecule has 1 aromatic carbocycles. The van der Waals surface area contributed by atoms with E-state index in [0.29, 0.717) is 18.5 Å². The molecule has 0 aliphatic carbocycles. The maximum Gasteiger partial charge on any atom is 0.254 e. The smallest absolute Gasteiger partial charge is 0.254 e. The van der Waals surface area contributed by atoms with E-state index in [1.807, 2.05) is 37.2 Å². The van der Waals surface area contributed by atoms with Crippen LogP contribution in [-0.2, 0) is 9.84 Å². The molecule has 5 nitrogen and oxygen atoms in total. The lowest BCUT2D eigenvalue weighted by molar-refractivity contribution is 0.0694. The molecule has 1 unspecified atom stereocenters. The molecule has 1 aromatic rings. The Morgan fingerprint density at radius 2 is 2.04 bits per heavy atom. The number of carbonyl (C=O) groups is 1. The lowest BCUT2D eigenvalue weighted by Gasteiger charge is -2.28. The van der Waals surface area contributed by atoms with Crippen LogP contribution in [0.1, 0.15) is 36.5 Å². The third-order valence-corrected chi connectivity index (χ3v) is 6.02. The number of carbonyl (C=O) groups excluding carboxylic acids is 1. The molecule has 1 heterocycles. The summed E-state index contributed by atoms with van der Waals surface area (Å²) in [5.41, 5.74) is 1.59. The molecule has 0 radical (unpaired) electrons. The van der Waals surface area contributed by atoms with Gasteiger partial charge < -0.3 is 9.80 Å². The number of unbranched alkanes of at least 4 members (excludes halogenated alkanes) is 1. The van der Waals surface area contributed by atoms with Crippen molar-refractivity contribution in [1.29, 1.82) is 0 Å². The first-order valence-electron chi connectivity index (χ1n) is 8.13. The van der Waals surface area contributed by atoms with Gasteiger partial charge in [0.15, 0.2) is 9.84 Å². The molecule has 1 atom stereocenters. The first-order valence-corrected chi connectivity index (χ1v) is 9.95. The largest absolute Gasteiger partial charge is 0.378 e. The minimum Gasteiger partial charge on any atom is -0.378 e. The summed E-state index contributed by atoms with van der Waals surface area (Å²) >= 11 is 0. The fraction of sp³-hybridized carbons (Fsp3) is 0.588. The summed E-state index contributed by atoms with van der Waals surface area (Å²) in [4.78, 5) is 16.7. The van der Waals surface area contributed by atoms with E-state index < -0.39 is 9.84 Å². The van der Waals surface area contributed by atoms with Crippen molar-refractivity contribution in [3.05, 3.63) is 29.8 Å². The number of rotatable bonds is 6. The fourth-order valence-corrected chi connectivity index (χ4v) is 4.61. The van der Waals surface area contributed by atoms with Crippen LogP contribution in [0.5, 0.6) is 0 Å². The predicted octanol–water partition coefficient (Wildman–Crippen LogP) is 2.18. The Hall–Kier alpha value is -1.56. The second-order valence-electron chi connectivity index (χ2n) is 6.35. The maximum atomic E-state index is 12.9. The summed E-state index contributed by atoms with van der Waals surface area (Å²) < 4.78 is 23.6. The Morgan fingerprint density at radius 1 is 1.30 bits per heavy atom. The number of amides is 1. The van der Waals surface area contributed by atoms with E-state index in [1.54, 1.807) is 11.0 Å². The van der Waals surface area contributed by atoms with Crippen molar-refractivity contribution in [3.63, 3.8) is 0 Å². The van der Waals surface area contributed by atoms with Gasteiger partial charge in [0.25, 0.3) is 5.91 Å². The molecule has 2 rings (SSSR count). The molecule has 1 amide bonds. The van der Waals surface area contributed by atoms with Gasteiger partial charge in [-0.25, -0.2) is 8.42 Å².